The maximum Gasteiger partial charge on any atom is 0.355 e. The summed E-state index contributed by atoms with van der Waals surface area (Å²) in [5.41, 5.74) is 1.45. The molecule has 0 aromatic carbocycles. The molecule has 0 N–H and O–H groups in total. The Hall–Kier alpha value is 0.190. The standard InChI is InChI=1S/C9H10Br3NO2/c1-3-15-9(14)7-5(4-10)6(11)8(12)13(7)2/h3-4H2,1-2H3. The molecule has 15 heavy (non-hydrogen) atoms. The van der Waals surface area contributed by atoms with Gasteiger partial charge in [-0.25, -0.2) is 4.79 Å². The van der Waals surface area contributed by atoms with Gasteiger partial charge < -0.3 is 9.30 Å². The Morgan fingerprint density at radius 1 is 1.47 bits per heavy atom. The predicted molar refractivity (Wildman–Crippen MR) is 69.4 cm³/mol. The van der Waals surface area contributed by atoms with Crippen LogP contribution < -0.4 is 0 Å². The van der Waals surface area contributed by atoms with E-state index in [1.807, 2.05) is 7.05 Å². The molecule has 1 heterocycles. The second-order valence-electron chi connectivity index (χ2n) is 2.85. The van der Waals surface area contributed by atoms with Crippen molar-refractivity contribution in [3.8, 4) is 0 Å². The van der Waals surface area contributed by atoms with E-state index in [0.29, 0.717) is 17.6 Å². The second kappa shape index (κ2) is 5.50. The summed E-state index contributed by atoms with van der Waals surface area (Å²) in [6.45, 7) is 2.17. The van der Waals surface area contributed by atoms with Gasteiger partial charge in [0, 0.05) is 17.9 Å². The van der Waals surface area contributed by atoms with E-state index < -0.39 is 0 Å². The lowest BCUT2D eigenvalue weighted by Crippen LogP contribution is -2.11. The lowest BCUT2D eigenvalue weighted by Gasteiger charge is -2.05. The van der Waals surface area contributed by atoms with Crippen molar-refractivity contribution < 1.29 is 9.53 Å². The molecule has 0 bridgehead atoms. The molecule has 0 amide bonds. The Morgan fingerprint density at radius 2 is 2.07 bits per heavy atom. The zero-order valence-corrected chi connectivity index (χ0v) is 13.1. The van der Waals surface area contributed by atoms with Crippen molar-refractivity contribution in [2.45, 2.75) is 12.3 Å². The molecule has 1 aromatic heterocycles. The van der Waals surface area contributed by atoms with Crippen LogP contribution in [0.4, 0.5) is 0 Å². The van der Waals surface area contributed by atoms with Gasteiger partial charge in [-0.05, 0) is 38.8 Å². The third-order valence-electron chi connectivity index (χ3n) is 1.96. The fourth-order valence-corrected chi connectivity index (χ4v) is 3.19. The molecule has 0 saturated carbocycles. The lowest BCUT2D eigenvalue weighted by atomic mass is 10.3. The number of hydrogen-bond donors (Lipinski definition) is 0. The topological polar surface area (TPSA) is 31.2 Å². The van der Waals surface area contributed by atoms with Crippen LogP contribution in [0.5, 0.6) is 0 Å². The molecule has 1 rings (SSSR count). The first-order chi connectivity index (χ1) is 7.04. The van der Waals surface area contributed by atoms with Crippen molar-refractivity contribution in [1.82, 2.24) is 4.57 Å². The van der Waals surface area contributed by atoms with E-state index in [1.165, 1.54) is 0 Å². The third-order valence-corrected chi connectivity index (χ3v) is 4.84. The molecule has 3 nitrogen and oxygen atoms in total. The summed E-state index contributed by atoms with van der Waals surface area (Å²) in [5, 5.41) is 0.598. The first-order valence-electron chi connectivity index (χ1n) is 4.30. The first-order valence-corrected chi connectivity index (χ1v) is 7.00. The quantitative estimate of drug-likeness (QED) is 0.570. The monoisotopic (exact) mass is 401 g/mol. The van der Waals surface area contributed by atoms with E-state index in [-0.39, 0.29) is 5.97 Å². The second-order valence-corrected chi connectivity index (χ2v) is 4.95. The SMILES string of the molecule is CCOC(=O)c1c(CBr)c(Br)c(Br)n1C. The largest absolute Gasteiger partial charge is 0.461 e. The highest BCUT2D eigenvalue weighted by molar-refractivity contribution is 9.13. The van der Waals surface area contributed by atoms with Gasteiger partial charge in [-0.15, -0.1) is 0 Å². The minimum atomic E-state index is -0.305. The zero-order valence-electron chi connectivity index (χ0n) is 8.31. The van der Waals surface area contributed by atoms with Crippen molar-refractivity contribution in [3.63, 3.8) is 0 Å². The Kier molecular flexibility index (Phi) is 4.86. The van der Waals surface area contributed by atoms with Crippen LogP contribution in [0.3, 0.4) is 0 Å². The summed E-state index contributed by atoms with van der Waals surface area (Å²) in [6, 6.07) is 0. The highest BCUT2D eigenvalue weighted by Gasteiger charge is 2.23. The maximum atomic E-state index is 11.7. The average molecular weight is 404 g/mol. The van der Waals surface area contributed by atoms with E-state index in [0.717, 1.165) is 14.6 Å². The molecule has 0 saturated heterocycles. The first kappa shape index (κ1) is 13.3. The predicted octanol–water partition coefficient (Wildman–Crippen LogP) is 3.62. The molecule has 0 aliphatic rings. The summed E-state index contributed by atoms with van der Waals surface area (Å²) >= 11 is 10.2. The van der Waals surface area contributed by atoms with Gasteiger partial charge in [0.2, 0.25) is 0 Å². The highest BCUT2D eigenvalue weighted by atomic mass is 79.9. The smallest absolute Gasteiger partial charge is 0.355 e. The fourth-order valence-electron chi connectivity index (χ4n) is 1.26. The molecule has 0 aliphatic heterocycles. The number of halogens is 3. The van der Waals surface area contributed by atoms with E-state index in [9.17, 15) is 4.79 Å². The van der Waals surface area contributed by atoms with Crippen molar-refractivity contribution in [2.24, 2.45) is 7.05 Å². The summed E-state index contributed by atoms with van der Waals surface area (Å²) in [6.07, 6.45) is 0. The van der Waals surface area contributed by atoms with Crippen molar-refractivity contribution in [1.29, 1.82) is 0 Å². The Labute approximate surface area is 114 Å². The molecule has 0 spiro atoms. The number of hydrogen-bond acceptors (Lipinski definition) is 2. The number of carbonyl (C=O) groups is 1. The van der Waals surface area contributed by atoms with Crippen LogP contribution in [0.2, 0.25) is 0 Å². The molecular weight excluding hydrogens is 394 g/mol. The number of rotatable bonds is 3. The third kappa shape index (κ3) is 2.47. The van der Waals surface area contributed by atoms with Gasteiger partial charge in [0.05, 0.1) is 15.7 Å². The van der Waals surface area contributed by atoms with Gasteiger partial charge in [0.15, 0.2) is 0 Å². The number of ether oxygens (including phenoxy) is 1. The molecule has 6 heteroatoms. The number of alkyl halides is 1. The van der Waals surface area contributed by atoms with Crippen LogP contribution in [-0.4, -0.2) is 17.1 Å². The highest BCUT2D eigenvalue weighted by Crippen LogP contribution is 2.33. The van der Waals surface area contributed by atoms with Crippen LogP contribution in [0.25, 0.3) is 0 Å². The van der Waals surface area contributed by atoms with Gasteiger partial charge in [-0.3, -0.25) is 0 Å². The molecule has 0 atom stereocenters. The van der Waals surface area contributed by atoms with Crippen LogP contribution in [0.1, 0.15) is 23.0 Å². The lowest BCUT2D eigenvalue weighted by molar-refractivity contribution is 0.0514. The molecular formula is C9H10Br3NO2. The number of nitrogens with zero attached hydrogens (tertiary/aromatic N) is 1. The van der Waals surface area contributed by atoms with Gasteiger partial charge >= 0.3 is 5.97 Å². The molecule has 84 valence electrons. The van der Waals surface area contributed by atoms with Gasteiger partial charge in [0.25, 0.3) is 0 Å². The number of carbonyl (C=O) groups excluding carboxylic acids is 1. The summed E-state index contributed by atoms with van der Waals surface area (Å²) in [7, 11) is 1.81. The van der Waals surface area contributed by atoms with Gasteiger partial charge in [-0.1, -0.05) is 15.9 Å². The average Bonchev–Trinajstić information content (AvgIpc) is 2.42. The summed E-state index contributed by atoms with van der Waals surface area (Å²) < 4.78 is 8.47. The maximum absolute atomic E-state index is 11.7. The van der Waals surface area contributed by atoms with Crippen LogP contribution in [-0.2, 0) is 17.1 Å². The van der Waals surface area contributed by atoms with Gasteiger partial charge in [0.1, 0.15) is 5.69 Å². The van der Waals surface area contributed by atoms with Crippen LogP contribution in [0.15, 0.2) is 9.08 Å². The van der Waals surface area contributed by atoms with E-state index in [1.54, 1.807) is 11.5 Å². The van der Waals surface area contributed by atoms with Crippen molar-refractivity contribution >= 4 is 53.8 Å². The normalized spacial score (nSPS) is 10.5. The molecule has 0 radical (unpaired) electrons. The van der Waals surface area contributed by atoms with E-state index >= 15 is 0 Å². The summed E-state index contributed by atoms with van der Waals surface area (Å²) in [4.78, 5) is 11.7. The van der Waals surface area contributed by atoms with Gasteiger partial charge in [-0.2, -0.15) is 0 Å². The molecule has 1 aromatic rings. The minimum absolute atomic E-state index is 0.305. The number of aromatic nitrogens is 1. The van der Waals surface area contributed by atoms with Crippen molar-refractivity contribution in [2.75, 3.05) is 6.61 Å². The zero-order chi connectivity index (χ0) is 11.6. The number of esters is 1. The van der Waals surface area contributed by atoms with E-state index in [4.69, 9.17) is 4.74 Å². The van der Waals surface area contributed by atoms with Crippen molar-refractivity contribution in [3.05, 3.63) is 20.3 Å². The summed E-state index contributed by atoms with van der Waals surface area (Å²) in [5.74, 6) is -0.305. The van der Waals surface area contributed by atoms with E-state index in [2.05, 4.69) is 47.8 Å². The minimum Gasteiger partial charge on any atom is -0.461 e. The molecule has 0 aliphatic carbocycles. The molecule has 0 fully saturated rings. The fraction of sp³-hybridized carbons (Fsp3) is 0.444. The van der Waals surface area contributed by atoms with Crippen LogP contribution in [0, 0.1) is 0 Å². The Balaban J connectivity index is 3.27. The Bertz CT molecular complexity index is 387. The Morgan fingerprint density at radius 3 is 2.53 bits per heavy atom. The van der Waals surface area contributed by atoms with Crippen LogP contribution >= 0.6 is 47.8 Å². The molecule has 0 unspecified atom stereocenters.